The first-order chi connectivity index (χ1) is 11.1. The first-order valence-corrected chi connectivity index (χ1v) is 7.08. The van der Waals surface area contributed by atoms with Crippen LogP contribution in [0.15, 0.2) is 40.8 Å². The third-order valence-electron chi connectivity index (χ3n) is 3.48. The number of aryl methyl sites for hydroxylation is 1. The van der Waals surface area contributed by atoms with Gasteiger partial charge in [0.05, 0.1) is 13.5 Å². The highest BCUT2D eigenvalue weighted by Crippen LogP contribution is 2.31. The number of hydrogen-bond acceptors (Lipinski definition) is 5. The molecule has 1 heterocycles. The predicted octanol–water partition coefficient (Wildman–Crippen LogP) is 3.52. The topological polar surface area (TPSA) is 84.6 Å². The second kappa shape index (κ2) is 6.00. The number of anilines is 2. The SMILES string of the molecule is COc1cc(CC(=O)O)cc2oc(Nc3ccccc3C)nc12. The molecule has 6 nitrogen and oxygen atoms in total. The molecule has 0 aliphatic rings. The first-order valence-electron chi connectivity index (χ1n) is 7.08. The van der Waals surface area contributed by atoms with E-state index in [0.717, 1.165) is 11.3 Å². The molecule has 0 amide bonds. The molecule has 23 heavy (non-hydrogen) atoms. The van der Waals surface area contributed by atoms with E-state index in [1.54, 1.807) is 12.1 Å². The lowest BCUT2D eigenvalue weighted by atomic mass is 10.1. The van der Waals surface area contributed by atoms with Crippen LogP contribution in [0.4, 0.5) is 11.7 Å². The summed E-state index contributed by atoms with van der Waals surface area (Å²) in [7, 11) is 1.52. The molecule has 1 aromatic heterocycles. The largest absolute Gasteiger partial charge is 0.494 e. The zero-order chi connectivity index (χ0) is 16.4. The summed E-state index contributed by atoms with van der Waals surface area (Å²) >= 11 is 0. The van der Waals surface area contributed by atoms with Gasteiger partial charge in [0.25, 0.3) is 6.01 Å². The Morgan fingerprint density at radius 1 is 1.35 bits per heavy atom. The number of para-hydroxylation sites is 1. The standard InChI is InChI=1S/C17H16N2O4/c1-10-5-3-4-6-12(10)18-17-19-16-13(22-2)7-11(9-15(20)21)8-14(16)23-17/h3-8H,9H2,1-2H3,(H,18,19)(H,20,21). The fourth-order valence-electron chi connectivity index (χ4n) is 2.37. The third-order valence-corrected chi connectivity index (χ3v) is 3.48. The van der Waals surface area contributed by atoms with E-state index in [2.05, 4.69) is 10.3 Å². The fraction of sp³-hybridized carbons (Fsp3) is 0.176. The molecule has 0 aliphatic carbocycles. The predicted molar refractivity (Wildman–Crippen MR) is 86.4 cm³/mol. The van der Waals surface area contributed by atoms with Crippen molar-refractivity contribution in [2.45, 2.75) is 13.3 Å². The van der Waals surface area contributed by atoms with Crippen LogP contribution >= 0.6 is 0 Å². The number of hydrogen-bond donors (Lipinski definition) is 2. The van der Waals surface area contributed by atoms with Crippen molar-refractivity contribution in [1.82, 2.24) is 4.98 Å². The summed E-state index contributed by atoms with van der Waals surface area (Å²) in [5, 5.41) is 12.1. The van der Waals surface area contributed by atoms with E-state index >= 15 is 0 Å². The zero-order valence-electron chi connectivity index (χ0n) is 12.8. The van der Waals surface area contributed by atoms with Crippen molar-refractivity contribution < 1.29 is 19.1 Å². The number of ether oxygens (including phenoxy) is 1. The number of methoxy groups -OCH3 is 1. The lowest BCUT2D eigenvalue weighted by molar-refractivity contribution is -0.136. The van der Waals surface area contributed by atoms with Crippen LogP contribution in [-0.4, -0.2) is 23.2 Å². The van der Waals surface area contributed by atoms with Crippen LogP contribution in [0.25, 0.3) is 11.1 Å². The van der Waals surface area contributed by atoms with Gasteiger partial charge in [-0.25, -0.2) is 0 Å². The summed E-state index contributed by atoms with van der Waals surface area (Å²) in [5.74, 6) is -0.426. The molecule has 0 saturated heterocycles. The number of carbonyl (C=O) groups is 1. The van der Waals surface area contributed by atoms with Crippen LogP contribution in [0.5, 0.6) is 5.75 Å². The Labute approximate surface area is 132 Å². The normalized spacial score (nSPS) is 10.7. The van der Waals surface area contributed by atoms with Crippen molar-refractivity contribution in [2.75, 3.05) is 12.4 Å². The maximum absolute atomic E-state index is 10.9. The molecule has 0 fully saturated rings. The minimum Gasteiger partial charge on any atom is -0.494 e. The van der Waals surface area contributed by atoms with Crippen molar-refractivity contribution in [3.05, 3.63) is 47.5 Å². The number of nitrogens with zero attached hydrogens (tertiary/aromatic N) is 1. The Kier molecular flexibility index (Phi) is 3.89. The number of fused-ring (bicyclic) bond motifs is 1. The van der Waals surface area contributed by atoms with Crippen LogP contribution in [-0.2, 0) is 11.2 Å². The summed E-state index contributed by atoms with van der Waals surface area (Å²) in [4.78, 5) is 15.3. The number of carboxylic acid groups (broad SMARTS) is 1. The van der Waals surface area contributed by atoms with Crippen LogP contribution < -0.4 is 10.1 Å². The molecule has 0 aliphatic heterocycles. The number of aliphatic carboxylic acids is 1. The molecule has 3 rings (SSSR count). The molecule has 0 spiro atoms. The van der Waals surface area contributed by atoms with Crippen molar-refractivity contribution in [1.29, 1.82) is 0 Å². The van der Waals surface area contributed by atoms with E-state index in [1.165, 1.54) is 7.11 Å². The van der Waals surface area contributed by atoms with Crippen LogP contribution in [0.3, 0.4) is 0 Å². The monoisotopic (exact) mass is 312 g/mol. The third kappa shape index (κ3) is 3.11. The maximum atomic E-state index is 10.9. The van der Waals surface area contributed by atoms with Gasteiger partial charge in [-0.15, -0.1) is 0 Å². The number of oxazole rings is 1. The van der Waals surface area contributed by atoms with Gasteiger partial charge in [-0.2, -0.15) is 4.98 Å². The molecule has 0 unspecified atom stereocenters. The van der Waals surface area contributed by atoms with Crippen molar-refractivity contribution in [3.63, 3.8) is 0 Å². The molecule has 6 heteroatoms. The number of benzene rings is 2. The van der Waals surface area contributed by atoms with Crippen LogP contribution in [0.2, 0.25) is 0 Å². The fourth-order valence-corrected chi connectivity index (χ4v) is 2.37. The van der Waals surface area contributed by atoms with Crippen LogP contribution in [0.1, 0.15) is 11.1 Å². The molecule has 2 N–H and O–H groups in total. The summed E-state index contributed by atoms with van der Waals surface area (Å²) < 4.78 is 11.0. The summed E-state index contributed by atoms with van der Waals surface area (Å²) in [6.45, 7) is 1.98. The summed E-state index contributed by atoms with van der Waals surface area (Å²) in [6, 6.07) is 11.4. The minimum atomic E-state index is -0.913. The van der Waals surface area contributed by atoms with E-state index < -0.39 is 5.97 Å². The van der Waals surface area contributed by atoms with E-state index in [-0.39, 0.29) is 6.42 Å². The van der Waals surface area contributed by atoms with Gasteiger partial charge in [0, 0.05) is 5.69 Å². The number of aromatic nitrogens is 1. The van der Waals surface area contributed by atoms with Crippen LogP contribution in [0, 0.1) is 6.92 Å². The van der Waals surface area contributed by atoms with Crippen molar-refractivity contribution in [2.24, 2.45) is 0 Å². The molecule has 0 radical (unpaired) electrons. The highest BCUT2D eigenvalue weighted by Gasteiger charge is 2.14. The molecule has 0 saturated carbocycles. The Balaban J connectivity index is 2.00. The summed E-state index contributed by atoms with van der Waals surface area (Å²) in [5.41, 5.74) is 3.59. The number of nitrogens with one attached hydrogen (secondary N) is 1. The van der Waals surface area contributed by atoms with Gasteiger partial charge in [-0.05, 0) is 36.2 Å². The van der Waals surface area contributed by atoms with Gasteiger partial charge in [-0.1, -0.05) is 18.2 Å². The summed E-state index contributed by atoms with van der Waals surface area (Å²) in [6.07, 6.45) is -0.104. The van der Waals surface area contributed by atoms with Gasteiger partial charge < -0.3 is 19.6 Å². The molecule has 2 aromatic carbocycles. The second-order valence-electron chi connectivity index (χ2n) is 5.17. The van der Waals surface area contributed by atoms with Gasteiger partial charge in [0.15, 0.2) is 11.1 Å². The maximum Gasteiger partial charge on any atom is 0.307 e. The van der Waals surface area contributed by atoms with E-state index in [4.69, 9.17) is 14.3 Å². The number of rotatable bonds is 5. The Bertz CT molecular complexity index is 870. The Morgan fingerprint density at radius 2 is 2.13 bits per heavy atom. The highest BCUT2D eigenvalue weighted by atomic mass is 16.5. The minimum absolute atomic E-state index is 0.104. The average Bonchev–Trinajstić information content (AvgIpc) is 2.90. The van der Waals surface area contributed by atoms with Gasteiger partial charge in [-0.3, -0.25) is 4.79 Å². The molecule has 118 valence electrons. The Hall–Kier alpha value is -3.02. The lowest BCUT2D eigenvalue weighted by Crippen LogP contribution is -2.00. The second-order valence-corrected chi connectivity index (χ2v) is 5.17. The highest BCUT2D eigenvalue weighted by molar-refractivity contribution is 5.84. The van der Waals surface area contributed by atoms with E-state index in [1.807, 2.05) is 31.2 Å². The van der Waals surface area contributed by atoms with Gasteiger partial charge in [0.1, 0.15) is 5.75 Å². The zero-order valence-corrected chi connectivity index (χ0v) is 12.8. The molecule has 3 aromatic rings. The smallest absolute Gasteiger partial charge is 0.307 e. The van der Waals surface area contributed by atoms with Crippen molar-refractivity contribution >= 4 is 28.8 Å². The molecule has 0 bridgehead atoms. The molecular formula is C17H16N2O4. The molecular weight excluding hydrogens is 296 g/mol. The van der Waals surface area contributed by atoms with Gasteiger partial charge >= 0.3 is 5.97 Å². The van der Waals surface area contributed by atoms with E-state index in [0.29, 0.717) is 28.4 Å². The van der Waals surface area contributed by atoms with Crippen molar-refractivity contribution in [3.8, 4) is 5.75 Å². The molecule has 0 atom stereocenters. The lowest BCUT2D eigenvalue weighted by Gasteiger charge is -2.04. The Morgan fingerprint density at radius 3 is 2.83 bits per heavy atom. The van der Waals surface area contributed by atoms with E-state index in [9.17, 15) is 4.79 Å². The average molecular weight is 312 g/mol. The quantitative estimate of drug-likeness (QED) is 0.750. The first kappa shape index (κ1) is 14.9. The number of carboxylic acids is 1. The van der Waals surface area contributed by atoms with Gasteiger partial charge in [0.2, 0.25) is 0 Å².